The van der Waals surface area contributed by atoms with Crippen molar-refractivity contribution in [3.63, 3.8) is 0 Å². The van der Waals surface area contributed by atoms with Gasteiger partial charge in [0.25, 0.3) is 0 Å². The summed E-state index contributed by atoms with van der Waals surface area (Å²) in [5.41, 5.74) is 1.84. The van der Waals surface area contributed by atoms with E-state index in [1.54, 1.807) is 10.9 Å². The zero-order valence-corrected chi connectivity index (χ0v) is 8.92. The Morgan fingerprint density at radius 1 is 1.06 bits per heavy atom. The molecule has 0 atom stereocenters. The molecule has 84 valence electrons. The van der Waals surface area contributed by atoms with Gasteiger partial charge in [-0.2, -0.15) is 4.39 Å². The first-order chi connectivity index (χ1) is 8.34. The summed E-state index contributed by atoms with van der Waals surface area (Å²) in [6, 6.07) is 9.89. The van der Waals surface area contributed by atoms with Gasteiger partial charge >= 0.3 is 0 Å². The van der Waals surface area contributed by atoms with Gasteiger partial charge in [-0.25, -0.2) is 15.0 Å². The Morgan fingerprint density at radius 2 is 1.88 bits per heavy atom. The Hall–Kier alpha value is -2.30. The summed E-state index contributed by atoms with van der Waals surface area (Å²) in [6.07, 6.45) is 2.79. The van der Waals surface area contributed by atoms with Gasteiger partial charge < -0.3 is 4.57 Å². The van der Waals surface area contributed by atoms with Crippen molar-refractivity contribution < 1.29 is 4.39 Å². The van der Waals surface area contributed by atoms with Crippen LogP contribution in [0.15, 0.2) is 43.0 Å². The van der Waals surface area contributed by atoms with E-state index in [4.69, 9.17) is 0 Å². The molecule has 0 spiro atoms. The van der Waals surface area contributed by atoms with Crippen molar-refractivity contribution in [2.75, 3.05) is 0 Å². The van der Waals surface area contributed by atoms with Crippen LogP contribution in [0.2, 0.25) is 0 Å². The van der Waals surface area contributed by atoms with Crippen molar-refractivity contribution in [3.05, 3.63) is 54.5 Å². The second-order valence-corrected chi connectivity index (χ2v) is 3.69. The molecule has 0 amide bonds. The minimum Gasteiger partial charge on any atom is -0.311 e. The average molecular weight is 227 g/mol. The van der Waals surface area contributed by atoms with Crippen molar-refractivity contribution in [3.8, 4) is 0 Å². The molecule has 3 rings (SSSR count). The first-order valence-electron chi connectivity index (χ1n) is 5.20. The fourth-order valence-electron chi connectivity index (χ4n) is 1.75. The van der Waals surface area contributed by atoms with Crippen molar-refractivity contribution in [1.82, 2.24) is 19.5 Å². The Labute approximate surface area is 96.8 Å². The smallest absolute Gasteiger partial charge is 0.244 e. The molecule has 5 heteroatoms. The number of hydrogen-bond acceptors (Lipinski definition) is 3. The van der Waals surface area contributed by atoms with Crippen LogP contribution in [0.4, 0.5) is 4.39 Å². The topological polar surface area (TPSA) is 43.6 Å². The highest BCUT2D eigenvalue weighted by atomic mass is 18.2. The molecule has 0 aliphatic heterocycles. The molecule has 0 saturated heterocycles. The molecular formula is C12H9FN4. The van der Waals surface area contributed by atoms with Crippen molar-refractivity contribution in [2.45, 2.75) is 6.54 Å². The van der Waals surface area contributed by atoms with Crippen molar-refractivity contribution in [1.29, 1.82) is 0 Å². The summed E-state index contributed by atoms with van der Waals surface area (Å²) in [5.74, 6) is -0.582. The molecule has 0 bridgehead atoms. The second-order valence-electron chi connectivity index (χ2n) is 3.69. The lowest BCUT2D eigenvalue weighted by Crippen LogP contribution is -1.99. The van der Waals surface area contributed by atoms with Crippen LogP contribution in [-0.2, 0) is 6.54 Å². The predicted octanol–water partition coefficient (Wildman–Crippen LogP) is 2.01. The van der Waals surface area contributed by atoms with E-state index >= 15 is 0 Å². The Bertz CT molecular complexity index is 648. The van der Waals surface area contributed by atoms with E-state index in [1.165, 1.54) is 6.33 Å². The zero-order valence-electron chi connectivity index (χ0n) is 8.92. The zero-order chi connectivity index (χ0) is 11.7. The first kappa shape index (κ1) is 9.89. The quantitative estimate of drug-likeness (QED) is 0.629. The third-order valence-corrected chi connectivity index (χ3v) is 2.55. The van der Waals surface area contributed by atoms with E-state index in [0.29, 0.717) is 12.2 Å². The molecule has 0 unspecified atom stereocenters. The van der Waals surface area contributed by atoms with Crippen LogP contribution < -0.4 is 0 Å². The third kappa shape index (κ3) is 1.75. The molecule has 2 aromatic heterocycles. The minimum absolute atomic E-state index is 0.212. The number of rotatable bonds is 2. The maximum Gasteiger partial charge on any atom is 0.244 e. The number of fused-ring (bicyclic) bond motifs is 1. The maximum atomic E-state index is 13.3. The van der Waals surface area contributed by atoms with Gasteiger partial charge in [-0.3, -0.25) is 0 Å². The molecule has 3 aromatic rings. The summed E-state index contributed by atoms with van der Waals surface area (Å²) < 4.78 is 15.1. The lowest BCUT2D eigenvalue weighted by molar-refractivity contribution is 0.590. The minimum atomic E-state index is -0.582. The highest BCUT2D eigenvalue weighted by molar-refractivity contribution is 5.69. The SMILES string of the molecule is [18F]c1ncnc2c1ncn2Cc1ccccc1. The Balaban J connectivity index is 2.05. The van der Waals surface area contributed by atoms with Gasteiger partial charge in [0.1, 0.15) is 6.33 Å². The molecule has 0 N–H and O–H groups in total. The van der Waals surface area contributed by atoms with Crippen LogP contribution in [0.3, 0.4) is 0 Å². The molecule has 0 radical (unpaired) electrons. The number of hydrogen-bond donors (Lipinski definition) is 0. The van der Waals surface area contributed by atoms with Crippen LogP contribution in [0.1, 0.15) is 5.56 Å². The molecule has 2 heterocycles. The summed E-state index contributed by atoms with van der Waals surface area (Å²) in [6.45, 7) is 0.619. The number of halogens is 1. The standard InChI is InChI=1S/C12H9FN4/c13-11-10-12(15-7-14-11)17(8-16-10)6-9-4-2-1-3-5-9/h1-5,7-8H,6H2/i13-1. The summed E-state index contributed by atoms with van der Waals surface area (Å²) in [7, 11) is 0. The average Bonchev–Trinajstić information content (AvgIpc) is 2.76. The summed E-state index contributed by atoms with van der Waals surface area (Å²) >= 11 is 0. The highest BCUT2D eigenvalue weighted by Crippen LogP contribution is 2.13. The number of aromatic nitrogens is 4. The maximum absolute atomic E-state index is 13.3. The van der Waals surface area contributed by atoms with E-state index in [1.807, 2.05) is 30.3 Å². The molecular weight excluding hydrogens is 218 g/mol. The number of benzene rings is 1. The van der Waals surface area contributed by atoms with E-state index in [-0.39, 0.29) is 5.52 Å². The molecule has 0 aliphatic rings. The van der Waals surface area contributed by atoms with Crippen LogP contribution in [-0.4, -0.2) is 19.5 Å². The van der Waals surface area contributed by atoms with Gasteiger partial charge in [0.15, 0.2) is 11.2 Å². The predicted molar refractivity (Wildman–Crippen MR) is 60.8 cm³/mol. The monoisotopic (exact) mass is 227 g/mol. The van der Waals surface area contributed by atoms with Gasteiger partial charge in [-0.05, 0) is 5.56 Å². The summed E-state index contributed by atoms with van der Waals surface area (Å²) in [5, 5.41) is 0. The molecule has 0 fully saturated rings. The van der Waals surface area contributed by atoms with E-state index in [0.717, 1.165) is 5.56 Å². The fraction of sp³-hybridized carbons (Fsp3) is 0.0833. The Kier molecular flexibility index (Phi) is 2.29. The highest BCUT2D eigenvalue weighted by Gasteiger charge is 2.09. The van der Waals surface area contributed by atoms with E-state index in [9.17, 15) is 4.39 Å². The normalized spacial score (nSPS) is 10.9. The molecule has 17 heavy (non-hydrogen) atoms. The largest absolute Gasteiger partial charge is 0.311 e. The number of imidazole rings is 1. The van der Waals surface area contributed by atoms with Crippen LogP contribution >= 0.6 is 0 Å². The van der Waals surface area contributed by atoms with Crippen molar-refractivity contribution in [2.24, 2.45) is 0 Å². The lowest BCUT2D eigenvalue weighted by Gasteiger charge is -2.02. The van der Waals surface area contributed by atoms with Crippen LogP contribution in [0, 0.1) is 5.95 Å². The lowest BCUT2D eigenvalue weighted by atomic mass is 10.2. The van der Waals surface area contributed by atoms with E-state index < -0.39 is 5.95 Å². The Morgan fingerprint density at radius 3 is 2.71 bits per heavy atom. The van der Waals surface area contributed by atoms with Gasteiger partial charge in [0.2, 0.25) is 5.95 Å². The first-order valence-corrected chi connectivity index (χ1v) is 5.20. The molecule has 1 aromatic carbocycles. The molecule has 0 aliphatic carbocycles. The van der Waals surface area contributed by atoms with E-state index in [2.05, 4.69) is 15.0 Å². The fourth-order valence-corrected chi connectivity index (χ4v) is 1.75. The second kappa shape index (κ2) is 3.93. The van der Waals surface area contributed by atoms with Gasteiger partial charge in [0.05, 0.1) is 12.9 Å². The summed E-state index contributed by atoms with van der Waals surface area (Å²) in [4.78, 5) is 11.5. The van der Waals surface area contributed by atoms with Crippen LogP contribution in [0.5, 0.6) is 0 Å². The third-order valence-electron chi connectivity index (χ3n) is 2.55. The van der Waals surface area contributed by atoms with Crippen LogP contribution in [0.25, 0.3) is 11.2 Å². The van der Waals surface area contributed by atoms with Crippen molar-refractivity contribution >= 4 is 11.2 Å². The number of nitrogens with zero attached hydrogens (tertiary/aromatic N) is 4. The molecule has 4 nitrogen and oxygen atoms in total. The van der Waals surface area contributed by atoms with Gasteiger partial charge in [0, 0.05) is 0 Å². The van der Waals surface area contributed by atoms with Gasteiger partial charge in [-0.1, -0.05) is 30.3 Å². The molecule has 0 saturated carbocycles. The van der Waals surface area contributed by atoms with Gasteiger partial charge in [-0.15, -0.1) is 0 Å².